The molecule has 0 fully saturated rings. The van der Waals surface area contributed by atoms with Crippen molar-refractivity contribution in [2.75, 3.05) is 0 Å². The quantitative estimate of drug-likeness (QED) is 0.723. The van der Waals surface area contributed by atoms with Crippen molar-refractivity contribution in [1.29, 1.82) is 5.26 Å². The number of nitriles is 1. The third-order valence-electron chi connectivity index (χ3n) is 3.94. The molecular weight excluding hydrogens is 274 g/mol. The SMILES string of the molecule is CC1(C)C=CC(C#N)(Sc2ccccc2)c2ccccc21. The number of hydrogen-bond donors (Lipinski definition) is 0. The first-order chi connectivity index (χ1) is 10.1. The van der Waals surface area contributed by atoms with Crippen molar-refractivity contribution in [3.8, 4) is 6.07 Å². The summed E-state index contributed by atoms with van der Waals surface area (Å²) in [7, 11) is 0. The molecule has 1 atom stereocenters. The van der Waals surface area contributed by atoms with Crippen LogP contribution < -0.4 is 0 Å². The number of allylic oxidation sites excluding steroid dienone is 1. The third-order valence-corrected chi connectivity index (χ3v) is 5.22. The molecule has 0 radical (unpaired) electrons. The highest BCUT2D eigenvalue weighted by Crippen LogP contribution is 2.49. The maximum atomic E-state index is 9.90. The van der Waals surface area contributed by atoms with E-state index < -0.39 is 4.75 Å². The van der Waals surface area contributed by atoms with Crippen LogP contribution in [0.5, 0.6) is 0 Å². The number of hydrogen-bond acceptors (Lipinski definition) is 2. The van der Waals surface area contributed by atoms with Crippen molar-refractivity contribution in [3.63, 3.8) is 0 Å². The van der Waals surface area contributed by atoms with E-state index in [2.05, 4.69) is 62.4 Å². The van der Waals surface area contributed by atoms with Gasteiger partial charge in [-0.05, 0) is 23.3 Å². The van der Waals surface area contributed by atoms with Gasteiger partial charge in [0.05, 0.1) is 6.07 Å². The second-order valence-electron chi connectivity index (χ2n) is 5.86. The lowest BCUT2D eigenvalue weighted by molar-refractivity contribution is 0.634. The van der Waals surface area contributed by atoms with Crippen LogP contribution in [0.2, 0.25) is 0 Å². The predicted molar refractivity (Wildman–Crippen MR) is 88.2 cm³/mol. The summed E-state index contributed by atoms with van der Waals surface area (Å²) in [6.45, 7) is 4.38. The summed E-state index contributed by atoms with van der Waals surface area (Å²) < 4.78 is -0.645. The summed E-state index contributed by atoms with van der Waals surface area (Å²) in [5.74, 6) is 0. The smallest absolute Gasteiger partial charge is 0.150 e. The van der Waals surface area contributed by atoms with Crippen LogP contribution in [0.25, 0.3) is 0 Å². The Kier molecular flexibility index (Phi) is 3.39. The van der Waals surface area contributed by atoms with E-state index in [-0.39, 0.29) is 5.41 Å². The molecule has 0 saturated heterocycles. The molecule has 21 heavy (non-hydrogen) atoms. The van der Waals surface area contributed by atoms with Crippen LogP contribution in [0.3, 0.4) is 0 Å². The minimum atomic E-state index is -0.645. The zero-order valence-electron chi connectivity index (χ0n) is 12.2. The summed E-state index contributed by atoms with van der Waals surface area (Å²) in [6, 6.07) is 21.0. The van der Waals surface area contributed by atoms with Gasteiger partial charge in [0.15, 0.2) is 4.75 Å². The van der Waals surface area contributed by atoms with Gasteiger partial charge < -0.3 is 0 Å². The van der Waals surface area contributed by atoms with Crippen molar-refractivity contribution < 1.29 is 0 Å². The van der Waals surface area contributed by atoms with Gasteiger partial charge in [0, 0.05) is 10.3 Å². The van der Waals surface area contributed by atoms with E-state index in [1.54, 1.807) is 11.8 Å². The molecule has 0 amide bonds. The Labute approximate surface area is 130 Å². The molecule has 1 aliphatic rings. The maximum Gasteiger partial charge on any atom is 0.150 e. The molecule has 0 aromatic heterocycles. The monoisotopic (exact) mass is 291 g/mol. The first kappa shape index (κ1) is 14.0. The fourth-order valence-corrected chi connectivity index (χ4v) is 3.89. The highest BCUT2D eigenvalue weighted by molar-refractivity contribution is 8.00. The largest absolute Gasteiger partial charge is 0.196 e. The minimum Gasteiger partial charge on any atom is -0.196 e. The molecule has 1 unspecified atom stereocenters. The van der Waals surface area contributed by atoms with Crippen molar-refractivity contribution >= 4 is 11.8 Å². The van der Waals surface area contributed by atoms with Gasteiger partial charge in [-0.25, -0.2) is 0 Å². The molecule has 0 bridgehead atoms. The Hall–Kier alpha value is -1.98. The Morgan fingerprint density at radius 1 is 0.857 bits per heavy atom. The number of fused-ring (bicyclic) bond motifs is 1. The molecule has 0 aliphatic heterocycles. The molecule has 0 spiro atoms. The van der Waals surface area contributed by atoms with Crippen LogP contribution in [0.15, 0.2) is 71.6 Å². The Balaban J connectivity index is 2.14. The van der Waals surface area contributed by atoms with Gasteiger partial charge in [-0.15, -0.1) is 0 Å². The summed E-state index contributed by atoms with van der Waals surface area (Å²) in [6.07, 6.45) is 4.22. The Morgan fingerprint density at radius 2 is 1.48 bits per heavy atom. The normalized spacial score (nSPS) is 22.3. The van der Waals surface area contributed by atoms with Gasteiger partial charge in [-0.3, -0.25) is 0 Å². The van der Waals surface area contributed by atoms with Crippen LogP contribution in [-0.4, -0.2) is 0 Å². The van der Waals surface area contributed by atoms with E-state index >= 15 is 0 Å². The Bertz CT molecular complexity index is 725. The fourth-order valence-electron chi connectivity index (χ4n) is 2.76. The zero-order chi connectivity index (χ0) is 14.9. The van der Waals surface area contributed by atoms with E-state index in [1.807, 2.05) is 24.3 Å². The van der Waals surface area contributed by atoms with E-state index in [0.717, 1.165) is 10.5 Å². The lowest BCUT2D eigenvalue weighted by Crippen LogP contribution is -2.29. The van der Waals surface area contributed by atoms with Gasteiger partial charge in [-0.1, -0.05) is 80.2 Å². The second-order valence-corrected chi connectivity index (χ2v) is 7.18. The molecule has 2 heteroatoms. The van der Waals surface area contributed by atoms with Crippen LogP contribution >= 0.6 is 11.8 Å². The van der Waals surface area contributed by atoms with Crippen LogP contribution in [0.1, 0.15) is 25.0 Å². The Morgan fingerprint density at radius 3 is 2.14 bits per heavy atom. The van der Waals surface area contributed by atoms with Crippen molar-refractivity contribution in [3.05, 3.63) is 77.9 Å². The van der Waals surface area contributed by atoms with Crippen molar-refractivity contribution in [1.82, 2.24) is 0 Å². The van der Waals surface area contributed by atoms with Crippen molar-refractivity contribution in [2.45, 2.75) is 28.9 Å². The summed E-state index contributed by atoms with van der Waals surface area (Å²) in [5.41, 5.74) is 2.31. The molecular formula is C19H17NS. The molecule has 0 heterocycles. The second kappa shape index (κ2) is 5.09. The van der Waals surface area contributed by atoms with E-state index in [4.69, 9.17) is 0 Å². The molecule has 1 nitrogen and oxygen atoms in total. The van der Waals surface area contributed by atoms with E-state index in [9.17, 15) is 5.26 Å². The minimum absolute atomic E-state index is 0.0335. The average Bonchev–Trinajstić information content (AvgIpc) is 2.52. The van der Waals surface area contributed by atoms with Gasteiger partial charge in [0.25, 0.3) is 0 Å². The van der Waals surface area contributed by atoms with Gasteiger partial charge in [-0.2, -0.15) is 5.26 Å². The first-order valence-electron chi connectivity index (χ1n) is 7.03. The number of benzene rings is 2. The van der Waals surface area contributed by atoms with Crippen LogP contribution in [0, 0.1) is 11.3 Å². The van der Waals surface area contributed by atoms with Gasteiger partial charge in [0.1, 0.15) is 0 Å². The first-order valence-corrected chi connectivity index (χ1v) is 7.85. The topological polar surface area (TPSA) is 23.8 Å². The lowest BCUT2D eigenvalue weighted by atomic mass is 9.73. The number of thioether (sulfide) groups is 1. The van der Waals surface area contributed by atoms with Crippen LogP contribution in [-0.2, 0) is 10.2 Å². The molecule has 0 N–H and O–H groups in total. The molecule has 0 saturated carbocycles. The average molecular weight is 291 g/mol. The molecule has 1 aliphatic carbocycles. The summed E-state index contributed by atoms with van der Waals surface area (Å²) in [4.78, 5) is 1.11. The van der Waals surface area contributed by atoms with Gasteiger partial charge >= 0.3 is 0 Å². The fraction of sp³-hybridized carbons (Fsp3) is 0.211. The third kappa shape index (κ3) is 2.39. The number of nitrogens with zero attached hydrogens (tertiary/aromatic N) is 1. The lowest BCUT2D eigenvalue weighted by Gasteiger charge is -2.36. The summed E-state index contributed by atoms with van der Waals surface area (Å²) >= 11 is 1.61. The highest BCUT2D eigenvalue weighted by atomic mass is 32.2. The summed E-state index contributed by atoms with van der Waals surface area (Å²) in [5, 5.41) is 9.90. The highest BCUT2D eigenvalue weighted by Gasteiger charge is 2.39. The maximum absolute atomic E-state index is 9.90. The standard InChI is InChI=1S/C19H17NS/c1-18(2)12-13-19(14-20,17-11-7-6-10-16(17)18)21-15-8-4-3-5-9-15/h3-13H,1-2H3. The molecule has 3 rings (SSSR count). The predicted octanol–water partition coefficient (Wildman–Crippen LogP) is 5.05. The molecule has 104 valence electrons. The van der Waals surface area contributed by atoms with Crippen molar-refractivity contribution in [2.24, 2.45) is 0 Å². The van der Waals surface area contributed by atoms with E-state index in [0.29, 0.717) is 0 Å². The van der Waals surface area contributed by atoms with Crippen LogP contribution in [0.4, 0.5) is 0 Å². The number of rotatable bonds is 2. The zero-order valence-corrected chi connectivity index (χ0v) is 13.0. The van der Waals surface area contributed by atoms with Gasteiger partial charge in [0.2, 0.25) is 0 Å². The van der Waals surface area contributed by atoms with E-state index in [1.165, 1.54) is 5.56 Å². The molecule has 2 aromatic carbocycles. The molecule has 2 aromatic rings.